The summed E-state index contributed by atoms with van der Waals surface area (Å²) in [5, 5.41) is 14.1. The number of nitrogens with zero attached hydrogens (tertiary/aromatic N) is 3. The number of hydrogen-bond acceptors (Lipinski definition) is 8. The van der Waals surface area contributed by atoms with Crippen LogP contribution >= 0.6 is 11.3 Å². The zero-order valence-electron chi connectivity index (χ0n) is 19.6. The van der Waals surface area contributed by atoms with Gasteiger partial charge in [-0.05, 0) is 50.7 Å². The predicted octanol–water partition coefficient (Wildman–Crippen LogP) is 5.99. The van der Waals surface area contributed by atoms with Crippen LogP contribution in [0.15, 0.2) is 35.0 Å². The van der Waals surface area contributed by atoms with Gasteiger partial charge in [-0.1, -0.05) is 28.6 Å². The molecule has 37 heavy (non-hydrogen) atoms. The van der Waals surface area contributed by atoms with Crippen LogP contribution < -0.4 is 9.64 Å². The van der Waals surface area contributed by atoms with Gasteiger partial charge in [-0.3, -0.25) is 0 Å². The van der Waals surface area contributed by atoms with E-state index in [0.29, 0.717) is 17.0 Å². The summed E-state index contributed by atoms with van der Waals surface area (Å²) in [5.41, 5.74) is 1.19. The van der Waals surface area contributed by atoms with E-state index in [9.17, 15) is 23.1 Å². The molecule has 4 heterocycles. The first-order valence-corrected chi connectivity index (χ1v) is 13.0. The second-order valence-corrected chi connectivity index (χ2v) is 10.7. The number of anilines is 1. The summed E-state index contributed by atoms with van der Waals surface area (Å²) in [4.78, 5) is 18.1. The number of piperidine rings is 1. The lowest BCUT2D eigenvalue weighted by molar-refractivity contribution is -0.274. The van der Waals surface area contributed by atoms with E-state index in [2.05, 4.69) is 19.8 Å². The minimum Gasteiger partial charge on any atom is -0.477 e. The van der Waals surface area contributed by atoms with Crippen LogP contribution in [0.3, 0.4) is 0 Å². The first-order chi connectivity index (χ1) is 17.8. The van der Waals surface area contributed by atoms with Crippen LogP contribution in [0.5, 0.6) is 5.75 Å². The number of ether oxygens (including phenoxy) is 2. The van der Waals surface area contributed by atoms with Crippen molar-refractivity contribution in [2.24, 2.45) is 0 Å². The van der Waals surface area contributed by atoms with Crippen molar-refractivity contribution in [3.63, 3.8) is 0 Å². The van der Waals surface area contributed by atoms with Crippen LogP contribution in [0, 0.1) is 0 Å². The van der Waals surface area contributed by atoms with Crippen molar-refractivity contribution in [1.82, 2.24) is 10.1 Å². The lowest BCUT2D eigenvalue weighted by Crippen LogP contribution is -2.45. The molecule has 2 saturated heterocycles. The molecule has 2 atom stereocenters. The standard InChI is InChI=1S/C25H24F3N3O5S/c26-25(27,28)35-19-4-2-1-3-17(19)21-18(22(36-30-21)13-5-6-13)12-34-16-9-14-7-8-15(10-16)31(14)24-29-11-20(37-24)23(32)33/h1-4,11,13-16H,5-10,12H2,(H,32,33). The largest absolute Gasteiger partial charge is 0.573 e. The number of rotatable bonds is 8. The van der Waals surface area contributed by atoms with Crippen molar-refractivity contribution in [1.29, 1.82) is 0 Å². The van der Waals surface area contributed by atoms with Crippen molar-refractivity contribution >= 4 is 22.4 Å². The average molecular weight is 536 g/mol. The minimum atomic E-state index is -4.83. The van der Waals surface area contributed by atoms with E-state index >= 15 is 0 Å². The number of carboxylic acids is 1. The smallest absolute Gasteiger partial charge is 0.477 e. The van der Waals surface area contributed by atoms with Gasteiger partial charge < -0.3 is 24.0 Å². The number of benzene rings is 1. The molecular weight excluding hydrogens is 511 g/mol. The normalized spacial score (nSPS) is 23.4. The third kappa shape index (κ3) is 4.91. The summed E-state index contributed by atoms with van der Waals surface area (Å²) in [5.74, 6) is -0.446. The monoisotopic (exact) mass is 535 g/mol. The lowest BCUT2D eigenvalue weighted by Gasteiger charge is -2.38. The van der Waals surface area contributed by atoms with Gasteiger partial charge in [0.15, 0.2) is 5.13 Å². The van der Waals surface area contributed by atoms with Gasteiger partial charge in [0.1, 0.15) is 22.1 Å². The predicted molar refractivity (Wildman–Crippen MR) is 127 cm³/mol. The Bertz CT molecular complexity index is 1290. The van der Waals surface area contributed by atoms with Gasteiger partial charge in [-0.15, -0.1) is 13.2 Å². The summed E-state index contributed by atoms with van der Waals surface area (Å²) in [6.45, 7) is 0.176. The number of aromatic carboxylic acids is 1. The summed E-state index contributed by atoms with van der Waals surface area (Å²) < 4.78 is 55.3. The highest BCUT2D eigenvalue weighted by Crippen LogP contribution is 2.46. The zero-order chi connectivity index (χ0) is 25.7. The molecule has 3 fully saturated rings. The number of thiazole rings is 1. The molecule has 12 heteroatoms. The Morgan fingerprint density at radius 1 is 1.16 bits per heavy atom. The van der Waals surface area contributed by atoms with Crippen LogP contribution in [-0.4, -0.2) is 45.8 Å². The topological polar surface area (TPSA) is 97.9 Å². The zero-order valence-corrected chi connectivity index (χ0v) is 20.4. The molecule has 2 aromatic heterocycles. The Morgan fingerprint density at radius 2 is 1.89 bits per heavy atom. The highest BCUT2D eigenvalue weighted by molar-refractivity contribution is 7.17. The number of carboxylic acid groups (broad SMARTS) is 1. The van der Waals surface area contributed by atoms with E-state index in [-0.39, 0.29) is 46.9 Å². The van der Waals surface area contributed by atoms with Gasteiger partial charge in [-0.2, -0.15) is 0 Å². The Morgan fingerprint density at radius 3 is 2.54 bits per heavy atom. The molecule has 3 aromatic rings. The quantitative estimate of drug-likeness (QED) is 0.376. The Balaban J connectivity index is 1.20. The van der Waals surface area contributed by atoms with E-state index in [1.807, 2.05) is 0 Å². The first kappa shape index (κ1) is 24.2. The number of carbonyl (C=O) groups is 1. The average Bonchev–Trinajstić information content (AvgIpc) is 3.30. The number of halogens is 3. The molecule has 1 aliphatic carbocycles. The Labute approximate surface area is 214 Å². The molecule has 196 valence electrons. The second kappa shape index (κ2) is 9.32. The SMILES string of the molecule is O=C(O)c1cnc(N2C3CCC2CC(OCc2c(-c4ccccc4OC(F)(F)F)noc2C2CC2)C3)s1. The van der Waals surface area contributed by atoms with Crippen LogP contribution in [-0.2, 0) is 11.3 Å². The fourth-order valence-electron chi connectivity index (χ4n) is 5.48. The molecule has 1 saturated carbocycles. The highest BCUT2D eigenvalue weighted by Gasteiger charge is 2.43. The number of alkyl halides is 3. The van der Waals surface area contributed by atoms with E-state index in [1.165, 1.54) is 35.7 Å². The third-order valence-electron chi connectivity index (χ3n) is 7.21. The van der Waals surface area contributed by atoms with E-state index in [4.69, 9.17) is 9.26 Å². The van der Waals surface area contributed by atoms with Crippen molar-refractivity contribution in [2.75, 3.05) is 4.90 Å². The molecule has 1 aromatic carbocycles. The van der Waals surface area contributed by atoms with Crippen molar-refractivity contribution in [3.8, 4) is 17.0 Å². The number of aromatic nitrogens is 2. The van der Waals surface area contributed by atoms with Gasteiger partial charge in [0.05, 0.1) is 18.9 Å². The molecule has 2 bridgehead atoms. The molecule has 0 radical (unpaired) electrons. The van der Waals surface area contributed by atoms with Gasteiger partial charge in [-0.25, -0.2) is 9.78 Å². The molecule has 3 aliphatic rings. The van der Waals surface area contributed by atoms with Gasteiger partial charge in [0.25, 0.3) is 0 Å². The molecule has 2 aliphatic heterocycles. The maximum absolute atomic E-state index is 13.0. The Kier molecular flexibility index (Phi) is 6.10. The van der Waals surface area contributed by atoms with Gasteiger partial charge in [0.2, 0.25) is 0 Å². The molecule has 0 amide bonds. The van der Waals surface area contributed by atoms with E-state index in [0.717, 1.165) is 43.7 Å². The fourth-order valence-corrected chi connectivity index (χ4v) is 6.37. The van der Waals surface area contributed by atoms with Crippen molar-refractivity contribution in [3.05, 3.63) is 46.7 Å². The van der Waals surface area contributed by atoms with Crippen LogP contribution in [0.4, 0.5) is 18.3 Å². The molecule has 0 spiro atoms. The highest BCUT2D eigenvalue weighted by atomic mass is 32.1. The third-order valence-corrected chi connectivity index (χ3v) is 8.21. The molecule has 1 N–H and O–H groups in total. The molecular formula is C25H24F3N3O5S. The fraction of sp³-hybridized carbons (Fsp3) is 0.480. The summed E-state index contributed by atoms with van der Waals surface area (Å²) in [7, 11) is 0. The van der Waals surface area contributed by atoms with Crippen LogP contribution in [0.1, 0.15) is 65.4 Å². The number of hydrogen-bond donors (Lipinski definition) is 1. The van der Waals surface area contributed by atoms with Crippen molar-refractivity contribution < 1.29 is 37.1 Å². The van der Waals surface area contributed by atoms with Gasteiger partial charge >= 0.3 is 12.3 Å². The van der Waals surface area contributed by atoms with Crippen LogP contribution in [0.2, 0.25) is 0 Å². The minimum absolute atomic E-state index is 0.0517. The maximum atomic E-state index is 13.0. The number of fused-ring (bicyclic) bond motifs is 2. The molecule has 8 nitrogen and oxygen atoms in total. The first-order valence-electron chi connectivity index (χ1n) is 12.2. The second-order valence-electron chi connectivity index (χ2n) is 9.70. The summed E-state index contributed by atoms with van der Waals surface area (Å²) in [6.07, 6.45) is 1.86. The van der Waals surface area contributed by atoms with Crippen LogP contribution in [0.25, 0.3) is 11.3 Å². The van der Waals surface area contributed by atoms with Gasteiger partial charge in [0, 0.05) is 29.1 Å². The summed E-state index contributed by atoms with van der Waals surface area (Å²) >= 11 is 1.19. The van der Waals surface area contributed by atoms with Crippen molar-refractivity contribution in [2.45, 2.75) is 75.6 Å². The number of para-hydroxylation sites is 1. The van der Waals surface area contributed by atoms with E-state index < -0.39 is 12.3 Å². The van der Waals surface area contributed by atoms with E-state index in [1.54, 1.807) is 6.07 Å². The lowest BCUT2D eigenvalue weighted by atomic mass is 10.00. The summed E-state index contributed by atoms with van der Waals surface area (Å²) in [6, 6.07) is 6.31. The maximum Gasteiger partial charge on any atom is 0.573 e. The Hall–Kier alpha value is -3.12. The molecule has 2 unspecified atom stereocenters. The molecule has 6 rings (SSSR count).